The minimum atomic E-state index is -0.281. The minimum Gasteiger partial charge on any atom is -0.497 e. The van der Waals surface area contributed by atoms with Gasteiger partial charge >= 0.3 is 0 Å². The standard InChI is InChI=1S/C23H19NO6/c1-14-22(21(25)19-10-9-17(27-2)12-20(19)29-14)30-16-7-5-15(6-8-16)23(26)24-13-18-4-3-11-28-18/h3-12H,13H2,1-2H3,(H,24,26). The summed E-state index contributed by atoms with van der Waals surface area (Å²) in [5.74, 6) is 1.89. The molecule has 0 saturated heterocycles. The van der Waals surface area contributed by atoms with Crippen LogP contribution in [0.4, 0.5) is 0 Å². The lowest BCUT2D eigenvalue weighted by atomic mass is 10.2. The number of carbonyl (C=O) groups excluding carboxylic acids is 1. The lowest BCUT2D eigenvalue weighted by Crippen LogP contribution is -2.22. The second kappa shape index (κ2) is 8.16. The fourth-order valence-electron chi connectivity index (χ4n) is 2.99. The molecule has 0 spiro atoms. The molecule has 0 aliphatic carbocycles. The summed E-state index contributed by atoms with van der Waals surface area (Å²) in [6, 6.07) is 15.0. The Bertz CT molecular complexity index is 1240. The summed E-state index contributed by atoms with van der Waals surface area (Å²) in [7, 11) is 1.55. The van der Waals surface area contributed by atoms with E-state index in [0.717, 1.165) is 0 Å². The minimum absolute atomic E-state index is 0.0997. The Morgan fingerprint density at radius 2 is 1.83 bits per heavy atom. The molecule has 2 heterocycles. The Morgan fingerprint density at radius 3 is 2.53 bits per heavy atom. The number of rotatable bonds is 6. The molecule has 7 heteroatoms. The number of amides is 1. The van der Waals surface area contributed by atoms with Gasteiger partial charge in [-0.3, -0.25) is 9.59 Å². The number of hydrogen-bond donors (Lipinski definition) is 1. The SMILES string of the molecule is COc1ccc2c(=O)c(Oc3ccc(C(=O)NCc4ccco4)cc3)c(C)oc2c1. The van der Waals surface area contributed by atoms with Gasteiger partial charge < -0.3 is 23.6 Å². The second-order valence-corrected chi connectivity index (χ2v) is 6.57. The van der Waals surface area contributed by atoms with Gasteiger partial charge in [0.2, 0.25) is 11.2 Å². The van der Waals surface area contributed by atoms with Gasteiger partial charge in [0.25, 0.3) is 5.91 Å². The molecule has 0 saturated carbocycles. The lowest BCUT2D eigenvalue weighted by Gasteiger charge is -2.10. The highest BCUT2D eigenvalue weighted by Gasteiger charge is 2.15. The van der Waals surface area contributed by atoms with Crippen LogP contribution in [0.2, 0.25) is 0 Å². The fourth-order valence-corrected chi connectivity index (χ4v) is 2.99. The summed E-state index contributed by atoms with van der Waals surface area (Å²) in [6.07, 6.45) is 1.55. The Kier molecular flexibility index (Phi) is 5.26. The van der Waals surface area contributed by atoms with Gasteiger partial charge in [0.1, 0.15) is 28.6 Å². The van der Waals surface area contributed by atoms with E-state index >= 15 is 0 Å². The van der Waals surface area contributed by atoms with E-state index in [0.29, 0.717) is 46.1 Å². The number of aryl methyl sites for hydroxylation is 1. The molecular weight excluding hydrogens is 386 g/mol. The number of hydrogen-bond acceptors (Lipinski definition) is 6. The zero-order chi connectivity index (χ0) is 21.1. The number of nitrogens with one attached hydrogen (secondary N) is 1. The first-order valence-electron chi connectivity index (χ1n) is 9.25. The van der Waals surface area contributed by atoms with Crippen molar-refractivity contribution in [2.24, 2.45) is 0 Å². The van der Waals surface area contributed by atoms with Crippen molar-refractivity contribution in [3.05, 3.63) is 88.2 Å². The molecule has 0 bridgehead atoms. The molecule has 30 heavy (non-hydrogen) atoms. The largest absolute Gasteiger partial charge is 0.497 e. The fraction of sp³-hybridized carbons (Fsp3) is 0.130. The van der Waals surface area contributed by atoms with E-state index in [1.807, 2.05) is 0 Å². The molecule has 4 aromatic rings. The van der Waals surface area contributed by atoms with Crippen LogP contribution in [0.1, 0.15) is 21.9 Å². The third kappa shape index (κ3) is 3.91. The van der Waals surface area contributed by atoms with Crippen molar-refractivity contribution in [3.63, 3.8) is 0 Å². The van der Waals surface area contributed by atoms with Crippen molar-refractivity contribution < 1.29 is 23.1 Å². The molecule has 0 unspecified atom stereocenters. The Labute approximate surface area is 171 Å². The van der Waals surface area contributed by atoms with Gasteiger partial charge in [-0.2, -0.15) is 0 Å². The maximum Gasteiger partial charge on any atom is 0.251 e. The summed E-state index contributed by atoms with van der Waals surface area (Å²) in [5.41, 5.74) is 0.604. The van der Waals surface area contributed by atoms with Crippen LogP contribution < -0.4 is 20.2 Å². The molecule has 1 N–H and O–H groups in total. The highest BCUT2D eigenvalue weighted by Crippen LogP contribution is 2.27. The Hall–Kier alpha value is -4.00. The van der Waals surface area contributed by atoms with Crippen molar-refractivity contribution in [3.8, 4) is 17.2 Å². The van der Waals surface area contributed by atoms with Crippen molar-refractivity contribution in [2.45, 2.75) is 13.5 Å². The predicted molar refractivity (Wildman–Crippen MR) is 110 cm³/mol. The van der Waals surface area contributed by atoms with E-state index in [1.54, 1.807) is 74.9 Å². The number of fused-ring (bicyclic) bond motifs is 1. The van der Waals surface area contributed by atoms with Crippen LogP contribution in [0.3, 0.4) is 0 Å². The molecule has 0 atom stereocenters. The topological polar surface area (TPSA) is 90.9 Å². The molecule has 0 aliphatic rings. The third-order valence-corrected chi connectivity index (χ3v) is 4.56. The molecule has 152 valence electrons. The summed E-state index contributed by atoms with van der Waals surface area (Å²) < 4.78 is 21.9. The molecule has 0 fully saturated rings. The summed E-state index contributed by atoms with van der Waals surface area (Å²) in [5, 5.41) is 3.16. The van der Waals surface area contributed by atoms with Gasteiger partial charge in [-0.05, 0) is 55.5 Å². The summed E-state index contributed by atoms with van der Waals surface area (Å²) in [6.45, 7) is 1.96. The van der Waals surface area contributed by atoms with Gasteiger partial charge in [-0.15, -0.1) is 0 Å². The van der Waals surface area contributed by atoms with Crippen LogP contribution in [0.5, 0.6) is 17.2 Å². The lowest BCUT2D eigenvalue weighted by molar-refractivity contribution is 0.0948. The molecule has 4 rings (SSSR count). The zero-order valence-electron chi connectivity index (χ0n) is 16.4. The summed E-state index contributed by atoms with van der Waals surface area (Å²) >= 11 is 0. The van der Waals surface area contributed by atoms with Crippen LogP contribution in [0, 0.1) is 6.92 Å². The van der Waals surface area contributed by atoms with Gasteiger partial charge in [-0.1, -0.05) is 0 Å². The van der Waals surface area contributed by atoms with Gasteiger partial charge in [0, 0.05) is 11.6 Å². The maximum absolute atomic E-state index is 12.8. The third-order valence-electron chi connectivity index (χ3n) is 4.56. The molecule has 0 radical (unpaired) electrons. The maximum atomic E-state index is 12.8. The quantitative estimate of drug-likeness (QED) is 0.510. The molecular formula is C23H19NO6. The zero-order valence-corrected chi connectivity index (χ0v) is 16.4. The van der Waals surface area contributed by atoms with E-state index in [2.05, 4.69) is 5.32 Å². The molecule has 2 aromatic heterocycles. The smallest absolute Gasteiger partial charge is 0.251 e. The van der Waals surface area contributed by atoms with Crippen LogP contribution in [-0.2, 0) is 6.54 Å². The average molecular weight is 405 g/mol. The second-order valence-electron chi connectivity index (χ2n) is 6.57. The molecule has 1 amide bonds. The number of methoxy groups -OCH3 is 1. The number of furan rings is 1. The van der Waals surface area contributed by atoms with E-state index in [9.17, 15) is 9.59 Å². The summed E-state index contributed by atoms with van der Waals surface area (Å²) in [4.78, 5) is 25.1. The normalized spacial score (nSPS) is 10.7. The van der Waals surface area contributed by atoms with E-state index in [-0.39, 0.29) is 17.1 Å². The number of benzene rings is 2. The highest BCUT2D eigenvalue weighted by atomic mass is 16.5. The van der Waals surface area contributed by atoms with Gasteiger partial charge in [0.05, 0.1) is 25.3 Å². The Morgan fingerprint density at radius 1 is 1.07 bits per heavy atom. The van der Waals surface area contributed by atoms with Crippen LogP contribution in [-0.4, -0.2) is 13.0 Å². The van der Waals surface area contributed by atoms with E-state index < -0.39 is 0 Å². The van der Waals surface area contributed by atoms with Crippen LogP contribution >= 0.6 is 0 Å². The van der Waals surface area contributed by atoms with Crippen LogP contribution in [0.25, 0.3) is 11.0 Å². The first kappa shape index (κ1) is 19.3. The van der Waals surface area contributed by atoms with Crippen molar-refractivity contribution in [1.29, 1.82) is 0 Å². The first-order valence-corrected chi connectivity index (χ1v) is 9.25. The molecule has 2 aromatic carbocycles. The van der Waals surface area contributed by atoms with E-state index in [4.69, 9.17) is 18.3 Å². The number of ether oxygens (including phenoxy) is 2. The predicted octanol–water partition coefficient (Wildman–Crippen LogP) is 4.43. The van der Waals surface area contributed by atoms with Gasteiger partial charge in [0.15, 0.2) is 0 Å². The Balaban J connectivity index is 1.52. The van der Waals surface area contributed by atoms with E-state index in [1.165, 1.54) is 0 Å². The van der Waals surface area contributed by atoms with Gasteiger partial charge in [-0.25, -0.2) is 0 Å². The van der Waals surface area contributed by atoms with Crippen molar-refractivity contribution in [2.75, 3.05) is 7.11 Å². The molecule has 7 nitrogen and oxygen atoms in total. The first-order chi connectivity index (χ1) is 14.5. The van der Waals surface area contributed by atoms with Crippen molar-refractivity contribution in [1.82, 2.24) is 5.32 Å². The average Bonchev–Trinajstić information content (AvgIpc) is 3.28. The highest BCUT2D eigenvalue weighted by molar-refractivity contribution is 5.94. The van der Waals surface area contributed by atoms with Crippen LogP contribution in [0.15, 0.2) is 74.5 Å². The number of carbonyl (C=O) groups is 1. The molecule has 0 aliphatic heterocycles. The monoisotopic (exact) mass is 405 g/mol. The van der Waals surface area contributed by atoms with Crippen molar-refractivity contribution >= 4 is 16.9 Å².